The van der Waals surface area contributed by atoms with Crippen LogP contribution in [0.1, 0.15) is 24.2 Å². The molecule has 4 nitrogen and oxygen atoms in total. The molecule has 1 aromatic rings. The van der Waals surface area contributed by atoms with E-state index in [1.165, 1.54) is 30.1 Å². The van der Waals surface area contributed by atoms with Gasteiger partial charge in [0, 0.05) is 12.6 Å². The van der Waals surface area contributed by atoms with Crippen LogP contribution in [0, 0.1) is 0 Å². The molecule has 0 bridgehead atoms. The Morgan fingerprint density at radius 3 is 2.45 bits per heavy atom. The van der Waals surface area contributed by atoms with Crippen LogP contribution in [-0.2, 0) is 0 Å². The molecule has 0 unspecified atom stereocenters. The lowest BCUT2D eigenvalue weighted by Crippen LogP contribution is -2.37. The van der Waals surface area contributed by atoms with Gasteiger partial charge in [0.05, 0.1) is 17.9 Å². The van der Waals surface area contributed by atoms with Gasteiger partial charge in [0.25, 0.3) is 0 Å². The maximum atomic E-state index is 12.6. The number of aliphatic imine (C=N–C) groups is 1. The van der Waals surface area contributed by atoms with Crippen LogP contribution in [0.4, 0.5) is 24.5 Å². The Kier molecular flexibility index (Phi) is 4.75. The number of hydrogen-bond acceptors (Lipinski definition) is 3. The lowest BCUT2D eigenvalue weighted by Gasteiger charge is -2.27. The second kappa shape index (κ2) is 5.94. The number of primary amides is 1. The molecule has 0 atom stereocenters. The van der Waals surface area contributed by atoms with Gasteiger partial charge in [-0.05, 0) is 18.2 Å². The summed E-state index contributed by atoms with van der Waals surface area (Å²) in [6, 6.07) is 4.26. The number of fused-ring (bicyclic) bond motifs is 1. The summed E-state index contributed by atoms with van der Waals surface area (Å²) in [6.07, 6.45) is -4.48. The summed E-state index contributed by atoms with van der Waals surface area (Å²) in [4.78, 5) is 16.0. The Morgan fingerprint density at radius 1 is 1.35 bits per heavy atom. The standard InChI is InChI=1S/C11H10F3N3O.C2H6/c1-17-5-9(11(12,13)14)16-7-4-6(10(15)18)2-3-8(7)17;1-2/h2-4H,5H2,1H3,(H2,15,18);1-2H3. The van der Waals surface area contributed by atoms with Gasteiger partial charge in [0.2, 0.25) is 5.91 Å². The minimum atomic E-state index is -4.48. The fourth-order valence-electron chi connectivity index (χ4n) is 1.73. The van der Waals surface area contributed by atoms with E-state index in [4.69, 9.17) is 5.73 Å². The zero-order valence-corrected chi connectivity index (χ0v) is 11.5. The summed E-state index contributed by atoms with van der Waals surface area (Å²) in [5.41, 5.74) is 4.96. The van der Waals surface area contributed by atoms with Gasteiger partial charge < -0.3 is 10.6 Å². The molecule has 1 heterocycles. The lowest BCUT2D eigenvalue weighted by molar-refractivity contribution is -0.0597. The molecule has 0 saturated carbocycles. The maximum absolute atomic E-state index is 12.6. The zero-order chi connectivity index (χ0) is 15.5. The van der Waals surface area contributed by atoms with E-state index in [0.29, 0.717) is 5.69 Å². The molecule has 1 amide bonds. The first-order valence-corrected chi connectivity index (χ1v) is 6.09. The summed E-state index contributed by atoms with van der Waals surface area (Å²) < 4.78 is 37.9. The molecule has 1 aromatic carbocycles. The first kappa shape index (κ1) is 16.0. The molecular formula is C13H16F3N3O. The van der Waals surface area contributed by atoms with Gasteiger partial charge in [-0.3, -0.25) is 4.79 Å². The maximum Gasteiger partial charge on any atom is 0.431 e. The highest BCUT2D eigenvalue weighted by Gasteiger charge is 2.38. The molecule has 0 saturated heterocycles. The quantitative estimate of drug-likeness (QED) is 0.863. The van der Waals surface area contributed by atoms with Gasteiger partial charge in [0.1, 0.15) is 5.71 Å². The van der Waals surface area contributed by atoms with Crippen molar-refractivity contribution < 1.29 is 18.0 Å². The topological polar surface area (TPSA) is 58.7 Å². The van der Waals surface area contributed by atoms with Gasteiger partial charge in [-0.15, -0.1) is 0 Å². The average molecular weight is 287 g/mol. The lowest BCUT2D eigenvalue weighted by atomic mass is 10.1. The number of amides is 1. The Balaban J connectivity index is 0.000000956. The van der Waals surface area contributed by atoms with E-state index in [1.807, 2.05) is 13.8 Å². The van der Waals surface area contributed by atoms with Crippen molar-refractivity contribution in [2.24, 2.45) is 10.7 Å². The largest absolute Gasteiger partial charge is 0.431 e. The number of alkyl halides is 3. The molecule has 0 radical (unpaired) electrons. The molecule has 0 spiro atoms. The SMILES string of the molecule is CC.CN1CC(C(F)(F)F)=Nc2cc(C(N)=O)ccc21. The average Bonchev–Trinajstić information content (AvgIpc) is 2.39. The van der Waals surface area contributed by atoms with Crippen LogP contribution >= 0.6 is 0 Å². The van der Waals surface area contributed by atoms with Crippen molar-refractivity contribution in [3.63, 3.8) is 0 Å². The predicted molar refractivity (Wildman–Crippen MR) is 72.7 cm³/mol. The van der Waals surface area contributed by atoms with Crippen molar-refractivity contribution in [3.8, 4) is 0 Å². The van der Waals surface area contributed by atoms with Crippen molar-refractivity contribution in [3.05, 3.63) is 23.8 Å². The van der Waals surface area contributed by atoms with Crippen molar-refractivity contribution in [2.45, 2.75) is 20.0 Å². The number of nitrogens with two attached hydrogens (primary N) is 1. The fourth-order valence-corrected chi connectivity index (χ4v) is 1.73. The van der Waals surface area contributed by atoms with Crippen LogP contribution in [0.15, 0.2) is 23.2 Å². The van der Waals surface area contributed by atoms with Crippen LogP contribution < -0.4 is 10.6 Å². The minimum Gasteiger partial charge on any atom is -0.367 e. The fraction of sp³-hybridized carbons (Fsp3) is 0.385. The highest BCUT2D eigenvalue weighted by Crippen LogP contribution is 2.35. The Morgan fingerprint density at radius 2 is 1.95 bits per heavy atom. The van der Waals surface area contributed by atoms with Crippen LogP contribution in [-0.4, -0.2) is 31.4 Å². The number of hydrogen-bond donors (Lipinski definition) is 1. The number of halogens is 3. The molecule has 2 N–H and O–H groups in total. The number of anilines is 1. The van der Waals surface area contributed by atoms with Crippen molar-refractivity contribution in [1.29, 1.82) is 0 Å². The van der Waals surface area contributed by atoms with Gasteiger partial charge >= 0.3 is 6.18 Å². The van der Waals surface area contributed by atoms with Crippen LogP contribution in [0.2, 0.25) is 0 Å². The number of nitrogens with zero attached hydrogens (tertiary/aromatic N) is 2. The Bertz CT molecular complexity index is 538. The second-order valence-electron chi connectivity index (χ2n) is 3.98. The molecule has 0 aromatic heterocycles. The number of carbonyl (C=O) groups excluding carboxylic acids is 1. The second-order valence-corrected chi connectivity index (χ2v) is 3.98. The summed E-state index contributed by atoms with van der Waals surface area (Å²) >= 11 is 0. The molecule has 0 fully saturated rings. The molecule has 0 aliphatic carbocycles. The van der Waals surface area contributed by atoms with E-state index < -0.39 is 17.8 Å². The molecule has 1 aliphatic heterocycles. The third-order valence-corrected chi connectivity index (χ3v) is 2.64. The monoisotopic (exact) mass is 287 g/mol. The number of rotatable bonds is 1. The van der Waals surface area contributed by atoms with E-state index in [0.717, 1.165) is 0 Å². The zero-order valence-electron chi connectivity index (χ0n) is 11.5. The molecule has 1 aliphatic rings. The summed E-state index contributed by atoms with van der Waals surface area (Å²) in [7, 11) is 1.53. The summed E-state index contributed by atoms with van der Waals surface area (Å²) in [5.74, 6) is -0.699. The van der Waals surface area contributed by atoms with Gasteiger partial charge in [-0.2, -0.15) is 13.2 Å². The first-order valence-electron chi connectivity index (χ1n) is 6.09. The van der Waals surface area contributed by atoms with E-state index >= 15 is 0 Å². The molecule has 2 rings (SSSR count). The number of benzene rings is 1. The van der Waals surface area contributed by atoms with E-state index in [9.17, 15) is 18.0 Å². The van der Waals surface area contributed by atoms with Gasteiger partial charge in [0.15, 0.2) is 0 Å². The van der Waals surface area contributed by atoms with Crippen LogP contribution in [0.25, 0.3) is 0 Å². The third-order valence-electron chi connectivity index (χ3n) is 2.64. The number of carbonyl (C=O) groups is 1. The Hall–Kier alpha value is -2.05. The molecule has 20 heavy (non-hydrogen) atoms. The van der Waals surface area contributed by atoms with Crippen molar-refractivity contribution >= 4 is 23.0 Å². The van der Waals surface area contributed by atoms with Gasteiger partial charge in [-0.1, -0.05) is 13.8 Å². The smallest absolute Gasteiger partial charge is 0.367 e. The highest BCUT2D eigenvalue weighted by atomic mass is 19.4. The van der Waals surface area contributed by atoms with E-state index in [2.05, 4.69) is 4.99 Å². The minimum absolute atomic E-state index is 0.104. The van der Waals surface area contributed by atoms with Gasteiger partial charge in [-0.25, -0.2) is 4.99 Å². The highest BCUT2D eigenvalue weighted by molar-refractivity contribution is 6.01. The third kappa shape index (κ3) is 3.28. The molecule has 7 heteroatoms. The van der Waals surface area contributed by atoms with Crippen molar-refractivity contribution in [1.82, 2.24) is 0 Å². The Labute approximate surface area is 115 Å². The van der Waals surface area contributed by atoms with E-state index in [-0.39, 0.29) is 17.8 Å². The molecular weight excluding hydrogens is 271 g/mol. The predicted octanol–water partition coefficient (Wildman–Crippen LogP) is 2.90. The first-order chi connectivity index (χ1) is 9.29. The molecule has 110 valence electrons. The van der Waals surface area contributed by atoms with Crippen molar-refractivity contribution in [2.75, 3.05) is 18.5 Å². The van der Waals surface area contributed by atoms with Crippen LogP contribution in [0.5, 0.6) is 0 Å². The summed E-state index contributed by atoms with van der Waals surface area (Å²) in [6.45, 7) is 3.69. The normalized spacial score (nSPS) is 13.9. The van der Waals surface area contributed by atoms with Crippen LogP contribution in [0.3, 0.4) is 0 Å². The summed E-state index contributed by atoms with van der Waals surface area (Å²) in [5, 5.41) is 0. The van der Waals surface area contributed by atoms with E-state index in [1.54, 1.807) is 0 Å².